The molecule has 1 atom stereocenters. The summed E-state index contributed by atoms with van der Waals surface area (Å²) < 4.78 is 5.28. The van der Waals surface area contributed by atoms with Crippen LogP contribution in [-0.4, -0.2) is 53.1 Å². The van der Waals surface area contributed by atoms with Crippen molar-refractivity contribution < 1.29 is 14.6 Å². The summed E-state index contributed by atoms with van der Waals surface area (Å²) in [6, 6.07) is -0.244. The lowest BCUT2D eigenvalue weighted by atomic mass is 10.0. The van der Waals surface area contributed by atoms with Crippen molar-refractivity contribution in [2.24, 2.45) is 0 Å². The number of amides is 2. The molecule has 0 radical (unpaired) electrons. The van der Waals surface area contributed by atoms with E-state index in [0.29, 0.717) is 6.61 Å². The Balaban J connectivity index is 3.10. The minimum absolute atomic E-state index is 0.244. The predicted molar refractivity (Wildman–Crippen MR) is 51.6 cm³/mol. The van der Waals surface area contributed by atoms with E-state index in [1.807, 2.05) is 0 Å². The summed E-state index contributed by atoms with van der Waals surface area (Å²) in [5, 5.41) is 10.3. The van der Waals surface area contributed by atoms with Crippen LogP contribution in [0.25, 0.3) is 0 Å². The van der Waals surface area contributed by atoms with Gasteiger partial charge in [-0.15, -0.1) is 0 Å². The lowest BCUT2D eigenvalue weighted by Gasteiger charge is -2.39. The predicted octanol–water partition coefficient (Wildman–Crippen LogP) is 0.445. The Morgan fingerprint density at radius 2 is 1.86 bits per heavy atom. The zero-order valence-electron chi connectivity index (χ0n) is 9.37. The minimum atomic E-state index is -1.55. The number of likely N-dealkylation sites (N-methyl/N-ethyl adjacent to an activating group) is 2. The Morgan fingerprint density at radius 3 is 2.14 bits per heavy atom. The first kappa shape index (κ1) is 11.3. The summed E-state index contributed by atoms with van der Waals surface area (Å²) in [5.41, 5.74) is -0.755. The molecule has 14 heavy (non-hydrogen) atoms. The average Bonchev–Trinajstić information content (AvgIpc) is 2.22. The zero-order chi connectivity index (χ0) is 11.1. The van der Waals surface area contributed by atoms with Crippen molar-refractivity contribution in [3.8, 4) is 0 Å². The lowest BCUT2D eigenvalue weighted by molar-refractivity contribution is -0.294. The van der Waals surface area contributed by atoms with Crippen molar-refractivity contribution in [1.82, 2.24) is 9.80 Å². The number of hydrogen-bond acceptors (Lipinski definition) is 3. The fourth-order valence-electron chi connectivity index (χ4n) is 1.70. The van der Waals surface area contributed by atoms with Crippen molar-refractivity contribution in [3.63, 3.8) is 0 Å². The molecule has 1 N–H and O–H groups in total. The minimum Gasteiger partial charge on any atom is -0.347 e. The molecule has 0 aliphatic carbocycles. The SMILES string of the molecule is CCOC1(O)N(C)C(=O)N(C)C1(C)C. The molecule has 2 amide bonds. The molecule has 82 valence electrons. The van der Waals surface area contributed by atoms with Crippen molar-refractivity contribution >= 4 is 6.03 Å². The summed E-state index contributed by atoms with van der Waals surface area (Å²) in [7, 11) is 3.18. The molecule has 0 bridgehead atoms. The molecule has 0 spiro atoms. The molecule has 5 nitrogen and oxygen atoms in total. The molecule has 0 aromatic carbocycles. The van der Waals surface area contributed by atoms with Crippen LogP contribution in [-0.2, 0) is 4.74 Å². The van der Waals surface area contributed by atoms with E-state index >= 15 is 0 Å². The normalized spacial score (nSPS) is 31.4. The highest BCUT2D eigenvalue weighted by atomic mass is 16.7. The quantitative estimate of drug-likeness (QED) is 0.661. The summed E-state index contributed by atoms with van der Waals surface area (Å²) >= 11 is 0. The summed E-state index contributed by atoms with van der Waals surface area (Å²) in [4.78, 5) is 14.3. The first-order valence-electron chi connectivity index (χ1n) is 4.67. The maximum atomic E-state index is 11.6. The van der Waals surface area contributed by atoms with Gasteiger partial charge in [-0.05, 0) is 20.8 Å². The van der Waals surface area contributed by atoms with E-state index in [2.05, 4.69) is 0 Å². The fourth-order valence-corrected chi connectivity index (χ4v) is 1.70. The van der Waals surface area contributed by atoms with E-state index in [1.54, 1.807) is 27.8 Å². The second-order valence-corrected chi connectivity index (χ2v) is 4.00. The largest absolute Gasteiger partial charge is 0.347 e. The van der Waals surface area contributed by atoms with Crippen LogP contribution in [0.4, 0.5) is 4.79 Å². The van der Waals surface area contributed by atoms with E-state index in [-0.39, 0.29) is 6.03 Å². The number of carbonyl (C=O) groups excluding carboxylic acids is 1. The van der Waals surface area contributed by atoms with Gasteiger partial charge in [-0.25, -0.2) is 4.79 Å². The molecular weight excluding hydrogens is 184 g/mol. The third kappa shape index (κ3) is 1.12. The topological polar surface area (TPSA) is 53.0 Å². The number of hydrogen-bond donors (Lipinski definition) is 1. The highest BCUT2D eigenvalue weighted by Gasteiger charge is 2.60. The fraction of sp³-hybridized carbons (Fsp3) is 0.889. The van der Waals surface area contributed by atoms with Crippen molar-refractivity contribution in [2.45, 2.75) is 32.2 Å². The molecule has 1 rings (SSSR count). The van der Waals surface area contributed by atoms with Gasteiger partial charge in [-0.1, -0.05) is 0 Å². The average molecular weight is 202 g/mol. The van der Waals surface area contributed by atoms with Gasteiger partial charge in [0.15, 0.2) is 0 Å². The van der Waals surface area contributed by atoms with Crippen LogP contribution in [0.2, 0.25) is 0 Å². The molecule has 1 aliphatic rings. The molecule has 0 aromatic heterocycles. The number of urea groups is 1. The summed E-state index contributed by atoms with van der Waals surface area (Å²) in [5.74, 6) is -1.55. The monoisotopic (exact) mass is 202 g/mol. The smallest absolute Gasteiger partial charge is 0.324 e. The van der Waals surface area contributed by atoms with Crippen LogP contribution in [0, 0.1) is 0 Å². The van der Waals surface area contributed by atoms with Gasteiger partial charge in [0.25, 0.3) is 5.91 Å². The maximum absolute atomic E-state index is 11.6. The molecule has 1 saturated heterocycles. The summed E-state index contributed by atoms with van der Waals surface area (Å²) in [6.07, 6.45) is 0. The second-order valence-electron chi connectivity index (χ2n) is 4.00. The van der Waals surface area contributed by atoms with Crippen LogP contribution in [0.1, 0.15) is 20.8 Å². The van der Waals surface area contributed by atoms with Crippen LogP contribution >= 0.6 is 0 Å². The number of nitrogens with zero attached hydrogens (tertiary/aromatic N) is 2. The van der Waals surface area contributed by atoms with Gasteiger partial charge in [-0.3, -0.25) is 4.90 Å². The molecule has 1 fully saturated rings. The maximum Gasteiger partial charge on any atom is 0.324 e. The van der Waals surface area contributed by atoms with E-state index in [9.17, 15) is 9.90 Å². The van der Waals surface area contributed by atoms with E-state index in [0.717, 1.165) is 0 Å². The van der Waals surface area contributed by atoms with E-state index in [1.165, 1.54) is 16.8 Å². The Bertz CT molecular complexity index is 254. The Kier molecular flexibility index (Phi) is 2.49. The van der Waals surface area contributed by atoms with Gasteiger partial charge in [0.1, 0.15) is 5.54 Å². The Labute approximate surface area is 84.2 Å². The Hall–Kier alpha value is -0.810. The zero-order valence-corrected chi connectivity index (χ0v) is 9.37. The van der Waals surface area contributed by atoms with Gasteiger partial charge in [0.05, 0.1) is 0 Å². The first-order chi connectivity index (χ1) is 6.29. The Morgan fingerprint density at radius 1 is 1.36 bits per heavy atom. The van der Waals surface area contributed by atoms with Crippen molar-refractivity contribution in [2.75, 3.05) is 20.7 Å². The number of ether oxygens (including phenoxy) is 1. The summed E-state index contributed by atoms with van der Waals surface area (Å²) in [6.45, 7) is 5.67. The third-order valence-corrected chi connectivity index (χ3v) is 3.01. The number of aliphatic hydroxyl groups is 1. The van der Waals surface area contributed by atoms with Crippen molar-refractivity contribution in [1.29, 1.82) is 0 Å². The van der Waals surface area contributed by atoms with Gasteiger partial charge < -0.3 is 14.7 Å². The van der Waals surface area contributed by atoms with E-state index in [4.69, 9.17) is 4.74 Å². The number of carbonyl (C=O) groups is 1. The van der Waals surface area contributed by atoms with Crippen LogP contribution in [0.3, 0.4) is 0 Å². The molecule has 5 heteroatoms. The standard InChI is InChI=1S/C9H18N2O3/c1-6-14-9(13)8(2,3)10(4)7(12)11(9)5/h13H,6H2,1-5H3. The highest BCUT2D eigenvalue weighted by Crippen LogP contribution is 2.38. The number of rotatable bonds is 2. The third-order valence-electron chi connectivity index (χ3n) is 3.01. The van der Waals surface area contributed by atoms with Gasteiger partial charge in [0, 0.05) is 20.7 Å². The lowest BCUT2D eigenvalue weighted by Crippen LogP contribution is -2.58. The van der Waals surface area contributed by atoms with Gasteiger partial charge in [-0.2, -0.15) is 0 Å². The second kappa shape index (κ2) is 3.10. The molecule has 1 unspecified atom stereocenters. The van der Waals surface area contributed by atoms with Gasteiger partial charge in [0.2, 0.25) is 0 Å². The molecule has 1 heterocycles. The van der Waals surface area contributed by atoms with Crippen molar-refractivity contribution in [3.05, 3.63) is 0 Å². The highest BCUT2D eigenvalue weighted by molar-refractivity contribution is 5.78. The van der Waals surface area contributed by atoms with Gasteiger partial charge >= 0.3 is 6.03 Å². The van der Waals surface area contributed by atoms with Crippen LogP contribution < -0.4 is 0 Å². The molecular formula is C9H18N2O3. The van der Waals surface area contributed by atoms with E-state index < -0.39 is 11.4 Å². The molecule has 1 aliphatic heterocycles. The van der Waals surface area contributed by atoms with Crippen LogP contribution in [0.15, 0.2) is 0 Å². The first-order valence-corrected chi connectivity index (χ1v) is 4.67. The molecule has 0 saturated carbocycles. The van der Waals surface area contributed by atoms with Crippen LogP contribution in [0.5, 0.6) is 0 Å². The molecule has 0 aromatic rings.